The van der Waals surface area contributed by atoms with Crippen LogP contribution in [-0.2, 0) is 6.54 Å². The van der Waals surface area contributed by atoms with Crippen molar-refractivity contribution in [1.29, 1.82) is 0 Å². The number of benzene rings is 2. The molecule has 140 valence electrons. The van der Waals surface area contributed by atoms with E-state index in [2.05, 4.69) is 60.1 Å². The third-order valence-electron chi connectivity index (χ3n) is 5.78. The highest BCUT2D eigenvalue weighted by Crippen LogP contribution is 2.18. The summed E-state index contributed by atoms with van der Waals surface area (Å²) < 4.78 is 0. The van der Waals surface area contributed by atoms with Crippen molar-refractivity contribution in [3.05, 3.63) is 75.1 Å². The van der Waals surface area contributed by atoms with Crippen molar-refractivity contribution in [3.8, 4) is 0 Å². The normalized spacial score (nSPS) is 15.4. The topological polar surface area (TPSA) is 40.5 Å². The number of rotatable bonds is 3. The molecule has 1 saturated heterocycles. The lowest BCUT2D eigenvalue weighted by Crippen LogP contribution is -3.13. The molecule has 1 aromatic heterocycles. The van der Waals surface area contributed by atoms with Crippen LogP contribution in [0, 0.1) is 20.8 Å². The first kappa shape index (κ1) is 17.8. The highest BCUT2D eigenvalue weighted by atomic mass is 16.1. The average Bonchev–Trinajstić information content (AvgIpc) is 2.67. The van der Waals surface area contributed by atoms with Crippen LogP contribution >= 0.6 is 0 Å². The highest BCUT2D eigenvalue weighted by Gasteiger charge is 2.23. The summed E-state index contributed by atoms with van der Waals surface area (Å²) in [6.07, 6.45) is 0. The van der Waals surface area contributed by atoms with Crippen molar-refractivity contribution in [3.63, 3.8) is 0 Å². The molecule has 1 fully saturated rings. The van der Waals surface area contributed by atoms with Crippen molar-refractivity contribution >= 4 is 16.6 Å². The van der Waals surface area contributed by atoms with Gasteiger partial charge >= 0.3 is 0 Å². The van der Waals surface area contributed by atoms with Gasteiger partial charge in [-0.3, -0.25) is 4.79 Å². The summed E-state index contributed by atoms with van der Waals surface area (Å²) in [6.45, 7) is 11.1. The van der Waals surface area contributed by atoms with Crippen LogP contribution in [0.2, 0.25) is 0 Å². The number of hydrogen-bond acceptors (Lipinski definition) is 2. The van der Waals surface area contributed by atoms with Gasteiger partial charge < -0.3 is 14.8 Å². The Balaban J connectivity index is 1.55. The first-order chi connectivity index (χ1) is 13.0. The first-order valence-electron chi connectivity index (χ1n) is 9.79. The number of quaternary nitrogens is 1. The molecule has 0 bridgehead atoms. The molecule has 0 radical (unpaired) electrons. The molecule has 0 spiro atoms. The SMILES string of the molecule is Cc1cc(C)c2[nH]c(C)c(C[NH+]3CCN(c4ccccc4)CC3)c(=O)c2c1. The molecule has 1 aliphatic rings. The Bertz CT molecular complexity index is 1020. The summed E-state index contributed by atoms with van der Waals surface area (Å²) in [6, 6.07) is 14.7. The van der Waals surface area contributed by atoms with E-state index in [0.29, 0.717) is 0 Å². The number of H-pyrrole nitrogens is 1. The fourth-order valence-electron chi connectivity index (χ4n) is 4.27. The predicted molar refractivity (Wildman–Crippen MR) is 112 cm³/mol. The van der Waals surface area contributed by atoms with Crippen molar-refractivity contribution < 1.29 is 4.90 Å². The van der Waals surface area contributed by atoms with E-state index in [1.165, 1.54) is 10.6 Å². The summed E-state index contributed by atoms with van der Waals surface area (Å²) in [5.41, 5.74) is 6.71. The zero-order valence-electron chi connectivity index (χ0n) is 16.4. The second kappa shape index (κ2) is 7.20. The predicted octanol–water partition coefficient (Wildman–Crippen LogP) is 2.36. The summed E-state index contributed by atoms with van der Waals surface area (Å²) in [4.78, 5) is 20.6. The van der Waals surface area contributed by atoms with E-state index < -0.39 is 0 Å². The number of para-hydroxylation sites is 1. The molecule has 2 aromatic carbocycles. The van der Waals surface area contributed by atoms with Crippen LogP contribution in [0.1, 0.15) is 22.4 Å². The fraction of sp³-hybridized carbons (Fsp3) is 0.348. The van der Waals surface area contributed by atoms with Crippen molar-refractivity contribution in [1.82, 2.24) is 4.98 Å². The second-order valence-electron chi connectivity index (χ2n) is 7.81. The quantitative estimate of drug-likeness (QED) is 0.751. The van der Waals surface area contributed by atoms with Crippen LogP contribution in [-0.4, -0.2) is 31.2 Å². The third kappa shape index (κ3) is 3.50. The zero-order chi connectivity index (χ0) is 19.0. The monoisotopic (exact) mass is 362 g/mol. The van der Waals surface area contributed by atoms with E-state index in [-0.39, 0.29) is 5.43 Å². The molecule has 0 aliphatic carbocycles. The van der Waals surface area contributed by atoms with E-state index in [4.69, 9.17) is 0 Å². The van der Waals surface area contributed by atoms with Crippen molar-refractivity contribution in [2.24, 2.45) is 0 Å². The molecule has 4 rings (SSSR count). The van der Waals surface area contributed by atoms with Crippen molar-refractivity contribution in [2.75, 3.05) is 31.1 Å². The molecule has 1 aliphatic heterocycles. The number of aryl methyl sites for hydroxylation is 3. The third-order valence-corrected chi connectivity index (χ3v) is 5.78. The standard InChI is InChI=1S/C23H27N3O/c1-16-13-17(2)22-20(14-16)23(27)21(18(3)24-22)15-25-9-11-26(12-10-25)19-7-5-4-6-8-19/h4-8,13-14H,9-12,15H2,1-3H3,(H,24,27)/p+1. The van der Waals surface area contributed by atoms with Gasteiger partial charge in [0.2, 0.25) is 0 Å². The van der Waals surface area contributed by atoms with Gasteiger partial charge in [-0.2, -0.15) is 0 Å². The number of fused-ring (bicyclic) bond motifs is 1. The van der Waals surface area contributed by atoms with Gasteiger partial charge in [-0.05, 0) is 50.1 Å². The average molecular weight is 362 g/mol. The lowest BCUT2D eigenvalue weighted by Gasteiger charge is -2.33. The molecule has 2 heterocycles. The number of aromatic nitrogens is 1. The summed E-state index contributed by atoms with van der Waals surface area (Å²) in [5.74, 6) is 0. The lowest BCUT2D eigenvalue weighted by atomic mass is 10.0. The molecule has 4 nitrogen and oxygen atoms in total. The van der Waals surface area contributed by atoms with Gasteiger partial charge in [0.15, 0.2) is 5.43 Å². The molecule has 3 aromatic rings. The van der Waals surface area contributed by atoms with E-state index in [1.807, 2.05) is 13.0 Å². The molecule has 27 heavy (non-hydrogen) atoms. The largest absolute Gasteiger partial charge is 0.360 e. The van der Waals surface area contributed by atoms with E-state index >= 15 is 0 Å². The Morgan fingerprint density at radius 2 is 1.74 bits per heavy atom. The minimum Gasteiger partial charge on any atom is -0.360 e. The summed E-state index contributed by atoms with van der Waals surface area (Å²) >= 11 is 0. The lowest BCUT2D eigenvalue weighted by molar-refractivity contribution is -0.914. The summed E-state index contributed by atoms with van der Waals surface area (Å²) in [5, 5.41) is 0.829. The van der Waals surface area contributed by atoms with Gasteiger partial charge in [0, 0.05) is 16.8 Å². The molecule has 0 saturated carbocycles. The Kier molecular flexibility index (Phi) is 4.75. The maximum Gasteiger partial charge on any atom is 0.198 e. The zero-order valence-corrected chi connectivity index (χ0v) is 16.4. The van der Waals surface area contributed by atoms with Crippen LogP contribution in [0.3, 0.4) is 0 Å². The van der Waals surface area contributed by atoms with E-state index in [1.54, 1.807) is 0 Å². The number of nitrogens with zero attached hydrogens (tertiary/aromatic N) is 1. The molecule has 0 unspecified atom stereocenters. The first-order valence-corrected chi connectivity index (χ1v) is 9.79. The Morgan fingerprint density at radius 3 is 2.44 bits per heavy atom. The van der Waals surface area contributed by atoms with Gasteiger partial charge in [-0.25, -0.2) is 0 Å². The van der Waals surface area contributed by atoms with Gasteiger partial charge in [-0.15, -0.1) is 0 Å². The Labute approximate surface area is 160 Å². The van der Waals surface area contributed by atoms with Crippen LogP contribution < -0.4 is 15.2 Å². The van der Waals surface area contributed by atoms with Gasteiger partial charge in [-0.1, -0.05) is 24.3 Å². The molecule has 2 N–H and O–H groups in total. The van der Waals surface area contributed by atoms with E-state index in [0.717, 1.165) is 66.0 Å². The minimum atomic E-state index is 0.200. The van der Waals surface area contributed by atoms with Crippen LogP contribution in [0.5, 0.6) is 0 Å². The molecule has 0 amide bonds. The fourth-order valence-corrected chi connectivity index (χ4v) is 4.27. The number of piperazine rings is 1. The molecule has 4 heteroatoms. The second-order valence-corrected chi connectivity index (χ2v) is 7.81. The van der Waals surface area contributed by atoms with Crippen LogP contribution in [0.15, 0.2) is 47.3 Å². The Hall–Kier alpha value is -2.59. The molecule has 0 atom stereocenters. The summed E-state index contributed by atoms with van der Waals surface area (Å²) in [7, 11) is 0. The molecular formula is C23H28N3O+. The molecular weight excluding hydrogens is 334 g/mol. The van der Waals surface area contributed by atoms with Crippen LogP contribution in [0.4, 0.5) is 5.69 Å². The van der Waals surface area contributed by atoms with Gasteiger partial charge in [0.25, 0.3) is 0 Å². The maximum absolute atomic E-state index is 13.2. The van der Waals surface area contributed by atoms with E-state index in [9.17, 15) is 4.79 Å². The Morgan fingerprint density at radius 1 is 1.04 bits per heavy atom. The van der Waals surface area contributed by atoms with Crippen molar-refractivity contribution in [2.45, 2.75) is 27.3 Å². The number of nitrogens with one attached hydrogen (secondary N) is 2. The smallest absolute Gasteiger partial charge is 0.198 e. The number of pyridine rings is 1. The number of anilines is 1. The number of aromatic amines is 1. The van der Waals surface area contributed by atoms with Gasteiger partial charge in [0.1, 0.15) is 6.54 Å². The highest BCUT2D eigenvalue weighted by molar-refractivity contribution is 5.83. The maximum atomic E-state index is 13.2. The number of hydrogen-bond donors (Lipinski definition) is 2. The minimum absolute atomic E-state index is 0.200. The van der Waals surface area contributed by atoms with Gasteiger partial charge in [0.05, 0.1) is 37.3 Å². The van der Waals surface area contributed by atoms with Crippen LogP contribution in [0.25, 0.3) is 10.9 Å².